The maximum Gasteiger partial charge on any atom is 0.344 e. The quantitative estimate of drug-likeness (QED) is 0.0261. The summed E-state index contributed by atoms with van der Waals surface area (Å²) in [5, 5.41) is 0. The van der Waals surface area contributed by atoms with E-state index in [-0.39, 0.29) is 64.4 Å². The van der Waals surface area contributed by atoms with Crippen LogP contribution < -0.4 is 18.9 Å². The number of esters is 8. The van der Waals surface area contributed by atoms with Crippen LogP contribution in [0.3, 0.4) is 0 Å². The molecule has 0 N–H and O–H groups in total. The van der Waals surface area contributed by atoms with Crippen molar-refractivity contribution in [1.82, 2.24) is 0 Å². The minimum Gasteiger partial charge on any atom is -0.482 e. The molecule has 4 unspecified atom stereocenters. The first-order valence-electron chi connectivity index (χ1n) is 43.9. The van der Waals surface area contributed by atoms with E-state index in [9.17, 15) is 38.4 Å². The number of hydrogen-bond acceptors (Lipinski definition) is 20. The van der Waals surface area contributed by atoms with Gasteiger partial charge in [0.15, 0.2) is 26.4 Å². The van der Waals surface area contributed by atoms with Crippen LogP contribution in [0, 0.1) is 5.92 Å². The Morgan fingerprint density at radius 1 is 0.331 bits per heavy atom. The van der Waals surface area contributed by atoms with Crippen molar-refractivity contribution in [2.24, 2.45) is 5.92 Å². The van der Waals surface area contributed by atoms with E-state index in [1.165, 1.54) is 41.5 Å². The smallest absolute Gasteiger partial charge is 0.344 e. The summed E-state index contributed by atoms with van der Waals surface area (Å²) in [6.07, 6.45) is 15.0. The normalized spacial score (nSPS) is 14.0. The average Bonchev–Trinajstić information content (AvgIpc) is 1.68. The van der Waals surface area contributed by atoms with Crippen molar-refractivity contribution in [3.63, 3.8) is 0 Å². The third-order valence-corrected chi connectivity index (χ3v) is 22.1. The minimum absolute atomic E-state index is 0.178. The van der Waals surface area contributed by atoms with Crippen LogP contribution >= 0.6 is 0 Å². The third-order valence-electron chi connectivity index (χ3n) is 22.1. The van der Waals surface area contributed by atoms with Crippen molar-refractivity contribution in [3.8, 4) is 23.0 Å². The van der Waals surface area contributed by atoms with Gasteiger partial charge in [0, 0.05) is 0 Å². The Kier molecular flexibility index (Phi) is 40.1. The van der Waals surface area contributed by atoms with Crippen LogP contribution in [0.15, 0.2) is 194 Å². The van der Waals surface area contributed by atoms with E-state index in [1.807, 2.05) is 62.4 Å². The fraction of sp³-hybridized carbons (Fsp3) is 0.462. The van der Waals surface area contributed by atoms with Crippen molar-refractivity contribution in [2.45, 2.75) is 280 Å². The van der Waals surface area contributed by atoms with Gasteiger partial charge in [0.1, 0.15) is 71.8 Å². The molecule has 0 saturated heterocycles. The molecule has 2 aliphatic carbocycles. The summed E-state index contributed by atoms with van der Waals surface area (Å²) in [5.74, 6) is 0.784. The van der Waals surface area contributed by atoms with Gasteiger partial charge in [-0.2, -0.15) is 0 Å². The van der Waals surface area contributed by atoms with Crippen molar-refractivity contribution >= 4 is 47.8 Å². The second-order valence-electron chi connectivity index (χ2n) is 34.6. The molecule has 0 bridgehead atoms. The largest absolute Gasteiger partial charge is 0.482 e. The number of rotatable bonds is 36. The van der Waals surface area contributed by atoms with E-state index in [2.05, 4.69) is 111 Å². The predicted molar refractivity (Wildman–Crippen MR) is 481 cm³/mol. The summed E-state index contributed by atoms with van der Waals surface area (Å²) in [6, 6.07) is 59.0. The van der Waals surface area contributed by atoms with E-state index in [0.717, 1.165) is 92.9 Å². The highest BCUT2D eigenvalue weighted by molar-refractivity contribution is 5.91. The number of benzene rings is 8. The standard InChI is InChI=1S/C29H38O5.C27H34O5.2C24H30O5/c1-5-21(2)23-16-14-22(15-17-23)19-33-28(31)24-10-9-13-26(18-24)32-20-27(30)34-29(3,4)25-11-7-6-8-12-25;1-4-20(3)22-13-11-21(12-14-22)18-31-26(29)23-9-8-10-24(17-23)30-19-25(28)32-27(5-2)15-6-7-16-27;1-6-17(2)19-9-7-18(8-10-19)15-28-23(26)20-11-13-21(14-12-20)27-16-22(25)29-24(3,4)5;1-6-17(2)19-12-10-18(11-13-19)15-28-23(26)20-8-7-9-21(14-20)27-16-22(25)29-24(3,4)5/h9-10,13-18,21,25H,5-8,11-12,19-20H2,1-4H3;8-14,17,20H,4-7,15-16,18-19H2,1-3H3;2*7-14,17H,6,15-16H2,1-5H3. The van der Waals surface area contributed by atoms with Crippen molar-refractivity contribution in [3.05, 3.63) is 261 Å². The minimum atomic E-state index is -0.571. The molecule has 8 aromatic carbocycles. The van der Waals surface area contributed by atoms with Gasteiger partial charge in [0.2, 0.25) is 0 Å². The highest BCUT2D eigenvalue weighted by Gasteiger charge is 2.37. The van der Waals surface area contributed by atoms with Gasteiger partial charge in [0.05, 0.1) is 22.3 Å². The van der Waals surface area contributed by atoms with Gasteiger partial charge in [-0.3, -0.25) is 0 Å². The lowest BCUT2D eigenvalue weighted by Crippen LogP contribution is -2.39. The third kappa shape index (κ3) is 35.2. The molecule has 0 amide bonds. The fourth-order valence-corrected chi connectivity index (χ4v) is 13.8. The fourth-order valence-electron chi connectivity index (χ4n) is 13.8. The average molecular weight is 1700 g/mol. The zero-order chi connectivity index (χ0) is 90.4. The molecule has 10 rings (SSSR count). The maximum absolute atomic E-state index is 12.5. The summed E-state index contributed by atoms with van der Waals surface area (Å²) < 4.78 is 65.6. The molecule has 4 atom stereocenters. The molecule has 0 aromatic heterocycles. The second-order valence-corrected chi connectivity index (χ2v) is 34.6. The highest BCUT2D eigenvalue weighted by atomic mass is 16.6. The molecule has 0 radical (unpaired) electrons. The maximum atomic E-state index is 12.5. The van der Waals surface area contributed by atoms with Crippen LogP contribution in [0.4, 0.5) is 0 Å². The van der Waals surface area contributed by atoms with Gasteiger partial charge in [-0.15, -0.1) is 0 Å². The summed E-state index contributed by atoms with van der Waals surface area (Å²) in [5.41, 5.74) is 8.47. The lowest BCUT2D eigenvalue weighted by atomic mass is 9.79. The van der Waals surface area contributed by atoms with E-state index >= 15 is 0 Å². The molecular weight excluding hydrogens is 1570 g/mol. The summed E-state index contributed by atoms with van der Waals surface area (Å²) in [7, 11) is 0. The Morgan fingerprint density at radius 3 is 0.919 bits per heavy atom. The number of carbonyl (C=O) groups excluding carboxylic acids is 8. The van der Waals surface area contributed by atoms with Gasteiger partial charge in [-0.25, -0.2) is 38.4 Å². The monoisotopic (exact) mass is 1700 g/mol. The number of carbonyl (C=O) groups is 8. The van der Waals surface area contributed by atoms with Crippen LogP contribution in [0.1, 0.15) is 317 Å². The van der Waals surface area contributed by atoms with E-state index < -0.39 is 58.6 Å². The Hall–Kier alpha value is -11.3. The second kappa shape index (κ2) is 49.9. The Morgan fingerprint density at radius 2 is 0.621 bits per heavy atom. The Bertz CT molecular complexity index is 4640. The van der Waals surface area contributed by atoms with Gasteiger partial charge in [0.25, 0.3) is 0 Å². The molecule has 20 heteroatoms. The van der Waals surface area contributed by atoms with Crippen LogP contribution in [-0.4, -0.2) is 96.6 Å². The molecule has 124 heavy (non-hydrogen) atoms. The van der Waals surface area contributed by atoms with Crippen molar-refractivity contribution in [1.29, 1.82) is 0 Å². The number of ether oxygens (including phenoxy) is 12. The van der Waals surface area contributed by atoms with Crippen molar-refractivity contribution in [2.75, 3.05) is 26.4 Å². The zero-order valence-corrected chi connectivity index (χ0v) is 76.1. The molecule has 0 aliphatic heterocycles. The molecule has 2 aliphatic rings. The Balaban J connectivity index is 0.000000228. The first-order valence-corrected chi connectivity index (χ1v) is 43.9. The summed E-state index contributed by atoms with van der Waals surface area (Å²) in [4.78, 5) is 97.7. The van der Waals surface area contributed by atoms with E-state index in [0.29, 0.717) is 74.8 Å². The van der Waals surface area contributed by atoms with Crippen LogP contribution in [0.5, 0.6) is 23.0 Å². The van der Waals surface area contributed by atoms with Crippen molar-refractivity contribution < 1.29 is 95.2 Å². The molecule has 2 saturated carbocycles. The van der Waals surface area contributed by atoms with Gasteiger partial charge in [-0.1, -0.05) is 197 Å². The molecule has 668 valence electrons. The molecule has 0 heterocycles. The molecular formula is C104H132O20. The summed E-state index contributed by atoms with van der Waals surface area (Å²) in [6.45, 7) is 34.2. The predicted octanol–water partition coefficient (Wildman–Crippen LogP) is 23.6. The Labute approximate surface area is 735 Å². The highest BCUT2D eigenvalue weighted by Crippen LogP contribution is 2.38. The van der Waals surface area contributed by atoms with Gasteiger partial charge < -0.3 is 56.8 Å². The number of hydrogen-bond donors (Lipinski definition) is 0. The first-order chi connectivity index (χ1) is 59.1. The summed E-state index contributed by atoms with van der Waals surface area (Å²) >= 11 is 0. The van der Waals surface area contributed by atoms with Crippen LogP contribution in [-0.2, 0) is 83.5 Å². The molecule has 20 nitrogen and oxygen atoms in total. The van der Waals surface area contributed by atoms with E-state index in [4.69, 9.17) is 56.8 Å². The van der Waals surface area contributed by atoms with E-state index in [1.54, 1.807) is 139 Å². The SMILES string of the molecule is CCC(C)c1ccc(COC(=O)c2ccc(OCC(=O)OC(C)(C)C)cc2)cc1.CCC(C)c1ccc(COC(=O)c2cccc(OCC(=O)OC(C)(C)C)c2)cc1.CCC(C)c1ccc(COC(=O)c2cccc(OCC(=O)OC(C)(C)C3CCCCC3)c2)cc1.CCC(C)c1ccc(COC(=O)c2cccc(OCC(=O)OC3(CC)CCCC3)c2)cc1. The molecule has 8 aromatic rings. The molecule has 2 fully saturated rings. The lowest BCUT2D eigenvalue weighted by Gasteiger charge is -2.36. The van der Waals surface area contributed by atoms with Crippen LogP contribution in [0.2, 0.25) is 0 Å². The lowest BCUT2D eigenvalue weighted by molar-refractivity contribution is -0.165. The van der Waals surface area contributed by atoms with Gasteiger partial charge in [-0.05, 0) is 279 Å². The first kappa shape index (κ1) is 99.8. The van der Waals surface area contributed by atoms with Crippen LogP contribution in [0.25, 0.3) is 0 Å². The molecule has 0 spiro atoms. The zero-order valence-electron chi connectivity index (χ0n) is 76.1. The van der Waals surface area contributed by atoms with Gasteiger partial charge >= 0.3 is 47.8 Å². The topological polar surface area (TPSA) is 247 Å².